The fraction of sp³-hybridized carbons (Fsp3) is 0.455. The molecule has 0 spiro atoms. The lowest BCUT2D eigenvalue weighted by molar-refractivity contribution is 0.767. The minimum atomic E-state index is 0.387. The van der Waals surface area contributed by atoms with Crippen LogP contribution in [0.25, 0.3) is 0 Å². The summed E-state index contributed by atoms with van der Waals surface area (Å²) >= 11 is 6.14. The lowest BCUT2D eigenvalue weighted by Crippen LogP contribution is -2.10. The van der Waals surface area contributed by atoms with Gasteiger partial charge in [0.1, 0.15) is 0 Å². The fourth-order valence-electron chi connectivity index (χ4n) is 1.50. The molecule has 0 fully saturated rings. The van der Waals surface area contributed by atoms with Gasteiger partial charge in [-0.25, -0.2) is 0 Å². The van der Waals surface area contributed by atoms with E-state index in [0.29, 0.717) is 12.5 Å². The molecule has 1 unspecified atom stereocenters. The molecule has 1 aromatic rings. The fourth-order valence-corrected chi connectivity index (χ4v) is 1.67. The zero-order valence-electron chi connectivity index (χ0n) is 8.39. The lowest BCUT2D eigenvalue weighted by atomic mass is 9.95. The van der Waals surface area contributed by atoms with Gasteiger partial charge in [-0.2, -0.15) is 0 Å². The predicted octanol–water partition coefficient (Wildman–Crippen LogP) is 3.02. The summed E-state index contributed by atoms with van der Waals surface area (Å²) in [7, 11) is 0. The van der Waals surface area contributed by atoms with Crippen LogP contribution < -0.4 is 5.73 Å². The first-order valence-electron chi connectivity index (χ1n) is 4.53. The molecule has 0 heterocycles. The van der Waals surface area contributed by atoms with Crippen molar-refractivity contribution in [3.8, 4) is 0 Å². The molecule has 0 aliphatic rings. The standard InChI is InChI=1S/C11H16ClN/c1-7-4-5-10(8(2)6-13)9(3)11(7)12/h4-5,8H,6,13H2,1-3H3. The highest BCUT2D eigenvalue weighted by molar-refractivity contribution is 6.32. The summed E-state index contributed by atoms with van der Waals surface area (Å²) in [4.78, 5) is 0. The Labute approximate surface area is 84.9 Å². The van der Waals surface area contributed by atoms with E-state index in [-0.39, 0.29) is 0 Å². The van der Waals surface area contributed by atoms with E-state index in [2.05, 4.69) is 26.0 Å². The SMILES string of the molecule is Cc1ccc(C(C)CN)c(C)c1Cl. The molecule has 0 aliphatic heterocycles. The van der Waals surface area contributed by atoms with Gasteiger partial charge in [-0.05, 0) is 43.0 Å². The maximum absolute atomic E-state index is 6.14. The van der Waals surface area contributed by atoms with Crippen LogP contribution >= 0.6 is 11.6 Å². The average Bonchev–Trinajstić information content (AvgIpc) is 2.13. The Hall–Kier alpha value is -0.530. The molecule has 72 valence electrons. The van der Waals surface area contributed by atoms with E-state index >= 15 is 0 Å². The third-order valence-electron chi connectivity index (χ3n) is 2.51. The average molecular weight is 198 g/mol. The van der Waals surface area contributed by atoms with E-state index in [1.807, 2.05) is 6.92 Å². The minimum absolute atomic E-state index is 0.387. The summed E-state index contributed by atoms with van der Waals surface area (Å²) in [5, 5.41) is 0.873. The molecule has 1 atom stereocenters. The maximum Gasteiger partial charge on any atom is 0.0467 e. The number of benzene rings is 1. The Morgan fingerprint density at radius 2 is 2.00 bits per heavy atom. The molecule has 0 amide bonds. The van der Waals surface area contributed by atoms with Crippen molar-refractivity contribution in [1.82, 2.24) is 0 Å². The molecule has 0 saturated heterocycles. The molecular weight excluding hydrogens is 182 g/mol. The van der Waals surface area contributed by atoms with E-state index < -0.39 is 0 Å². The second kappa shape index (κ2) is 4.12. The van der Waals surface area contributed by atoms with E-state index in [9.17, 15) is 0 Å². The highest BCUT2D eigenvalue weighted by Crippen LogP contribution is 2.27. The Bertz CT molecular complexity index is 307. The summed E-state index contributed by atoms with van der Waals surface area (Å²) in [5.74, 6) is 0.387. The maximum atomic E-state index is 6.14. The number of nitrogens with two attached hydrogens (primary N) is 1. The van der Waals surface area contributed by atoms with E-state index in [0.717, 1.165) is 10.6 Å². The molecule has 0 aromatic heterocycles. The van der Waals surface area contributed by atoms with Crippen molar-refractivity contribution in [2.24, 2.45) is 5.73 Å². The summed E-state index contributed by atoms with van der Waals surface area (Å²) < 4.78 is 0. The predicted molar refractivity (Wildman–Crippen MR) is 58.4 cm³/mol. The summed E-state index contributed by atoms with van der Waals surface area (Å²) in [6.45, 7) is 6.86. The molecule has 2 N–H and O–H groups in total. The number of rotatable bonds is 2. The van der Waals surface area contributed by atoms with Crippen LogP contribution in [0.15, 0.2) is 12.1 Å². The van der Waals surface area contributed by atoms with Crippen LogP contribution in [0.2, 0.25) is 5.02 Å². The number of aryl methyl sites for hydroxylation is 1. The minimum Gasteiger partial charge on any atom is -0.330 e. The van der Waals surface area contributed by atoms with Crippen molar-refractivity contribution in [2.45, 2.75) is 26.7 Å². The van der Waals surface area contributed by atoms with Crippen molar-refractivity contribution < 1.29 is 0 Å². The van der Waals surface area contributed by atoms with E-state index in [1.165, 1.54) is 11.1 Å². The van der Waals surface area contributed by atoms with Gasteiger partial charge >= 0.3 is 0 Å². The molecule has 0 radical (unpaired) electrons. The topological polar surface area (TPSA) is 26.0 Å². The largest absolute Gasteiger partial charge is 0.330 e. The van der Waals surface area contributed by atoms with Crippen molar-refractivity contribution in [3.63, 3.8) is 0 Å². The van der Waals surface area contributed by atoms with Gasteiger partial charge in [0.2, 0.25) is 0 Å². The third kappa shape index (κ3) is 2.04. The second-order valence-corrected chi connectivity index (χ2v) is 3.93. The second-order valence-electron chi connectivity index (χ2n) is 3.55. The van der Waals surface area contributed by atoms with Crippen LogP contribution in [0.1, 0.15) is 29.5 Å². The van der Waals surface area contributed by atoms with Crippen LogP contribution in [-0.4, -0.2) is 6.54 Å². The molecular formula is C11H16ClN. The highest BCUT2D eigenvalue weighted by Gasteiger charge is 2.09. The zero-order valence-corrected chi connectivity index (χ0v) is 9.15. The first-order valence-corrected chi connectivity index (χ1v) is 4.91. The Balaban J connectivity index is 3.18. The van der Waals surface area contributed by atoms with Crippen LogP contribution in [0.5, 0.6) is 0 Å². The molecule has 1 rings (SSSR count). The third-order valence-corrected chi connectivity index (χ3v) is 3.09. The Morgan fingerprint density at radius 1 is 1.38 bits per heavy atom. The monoisotopic (exact) mass is 197 g/mol. The quantitative estimate of drug-likeness (QED) is 0.775. The molecule has 0 saturated carbocycles. The summed E-state index contributed by atoms with van der Waals surface area (Å²) in [6, 6.07) is 4.17. The molecule has 0 bridgehead atoms. The molecule has 2 heteroatoms. The first-order chi connectivity index (χ1) is 6.07. The van der Waals surface area contributed by atoms with Crippen molar-refractivity contribution in [1.29, 1.82) is 0 Å². The van der Waals surface area contributed by atoms with Crippen LogP contribution in [0, 0.1) is 13.8 Å². The molecule has 0 aliphatic carbocycles. The van der Waals surface area contributed by atoms with Gasteiger partial charge in [-0.3, -0.25) is 0 Å². The van der Waals surface area contributed by atoms with Gasteiger partial charge in [0, 0.05) is 5.02 Å². The van der Waals surface area contributed by atoms with Crippen molar-refractivity contribution in [2.75, 3.05) is 6.54 Å². The van der Waals surface area contributed by atoms with Gasteiger partial charge in [0.15, 0.2) is 0 Å². The molecule has 1 nitrogen and oxygen atoms in total. The van der Waals surface area contributed by atoms with Crippen molar-refractivity contribution >= 4 is 11.6 Å². The number of hydrogen-bond donors (Lipinski definition) is 1. The Kier molecular flexibility index (Phi) is 3.34. The smallest absolute Gasteiger partial charge is 0.0467 e. The van der Waals surface area contributed by atoms with Crippen molar-refractivity contribution in [3.05, 3.63) is 33.8 Å². The normalized spacial score (nSPS) is 13.0. The van der Waals surface area contributed by atoms with E-state index in [1.54, 1.807) is 0 Å². The molecule has 1 aromatic carbocycles. The summed E-state index contributed by atoms with van der Waals surface area (Å²) in [6.07, 6.45) is 0. The zero-order chi connectivity index (χ0) is 10.0. The number of hydrogen-bond acceptors (Lipinski definition) is 1. The van der Waals surface area contributed by atoms with Gasteiger partial charge in [-0.15, -0.1) is 0 Å². The highest BCUT2D eigenvalue weighted by atomic mass is 35.5. The lowest BCUT2D eigenvalue weighted by Gasteiger charge is -2.14. The van der Waals surface area contributed by atoms with Gasteiger partial charge in [0.05, 0.1) is 0 Å². The Morgan fingerprint density at radius 3 is 2.54 bits per heavy atom. The molecule has 13 heavy (non-hydrogen) atoms. The van der Waals surface area contributed by atoms with Gasteiger partial charge in [-0.1, -0.05) is 30.7 Å². The number of halogens is 1. The van der Waals surface area contributed by atoms with Gasteiger partial charge < -0.3 is 5.73 Å². The first kappa shape index (κ1) is 10.6. The van der Waals surface area contributed by atoms with E-state index in [4.69, 9.17) is 17.3 Å². The van der Waals surface area contributed by atoms with Crippen LogP contribution in [0.3, 0.4) is 0 Å². The van der Waals surface area contributed by atoms with Crippen LogP contribution in [0.4, 0.5) is 0 Å². The van der Waals surface area contributed by atoms with Crippen LogP contribution in [-0.2, 0) is 0 Å². The summed E-state index contributed by atoms with van der Waals surface area (Å²) in [5.41, 5.74) is 9.18. The van der Waals surface area contributed by atoms with Gasteiger partial charge in [0.25, 0.3) is 0 Å².